The first kappa shape index (κ1) is 18.5. The normalized spacial score (nSPS) is 15.7. The number of fused-ring (bicyclic) bond motifs is 1. The summed E-state index contributed by atoms with van der Waals surface area (Å²) in [5.74, 6) is 0.965. The molecule has 1 atom stereocenters. The van der Waals surface area contributed by atoms with Gasteiger partial charge in [0.05, 0.1) is 12.5 Å². The first-order chi connectivity index (χ1) is 12.6. The summed E-state index contributed by atoms with van der Waals surface area (Å²) in [6, 6.07) is 11.4. The van der Waals surface area contributed by atoms with Crippen LogP contribution in [0.2, 0.25) is 5.02 Å². The number of unbranched alkanes of at least 4 members (excludes halogenated alkanes) is 1. The second-order valence-electron chi connectivity index (χ2n) is 6.26. The Morgan fingerprint density at radius 2 is 2.04 bits per heavy atom. The van der Waals surface area contributed by atoms with Crippen LogP contribution >= 0.6 is 11.6 Å². The highest BCUT2D eigenvalue weighted by molar-refractivity contribution is 6.30. The molecule has 6 heteroatoms. The van der Waals surface area contributed by atoms with E-state index in [4.69, 9.17) is 21.1 Å². The molecule has 1 heterocycles. The van der Waals surface area contributed by atoms with Gasteiger partial charge in [-0.15, -0.1) is 0 Å². The van der Waals surface area contributed by atoms with E-state index in [2.05, 4.69) is 5.32 Å². The van der Waals surface area contributed by atoms with Crippen molar-refractivity contribution >= 4 is 17.5 Å². The van der Waals surface area contributed by atoms with Gasteiger partial charge in [-0.2, -0.15) is 0 Å². The van der Waals surface area contributed by atoms with Crippen LogP contribution in [0.5, 0.6) is 11.5 Å². The summed E-state index contributed by atoms with van der Waals surface area (Å²) in [6.45, 7) is 1.50. The lowest BCUT2D eigenvalue weighted by Crippen LogP contribution is -2.37. The molecule has 1 aliphatic rings. The maximum atomic E-state index is 12.8. The minimum absolute atomic E-state index is 0.00456. The molecule has 0 saturated heterocycles. The molecular weight excluding hydrogens is 357 g/mol. The minimum Gasteiger partial charge on any atom is -0.494 e. The lowest BCUT2D eigenvalue weighted by Gasteiger charge is -2.24. The fourth-order valence-electron chi connectivity index (χ4n) is 2.84. The van der Waals surface area contributed by atoms with Gasteiger partial charge in [-0.3, -0.25) is 4.79 Å². The number of rotatable bonds is 7. The van der Waals surface area contributed by atoms with E-state index in [0.29, 0.717) is 37.0 Å². The molecule has 1 aliphatic heterocycles. The first-order valence-electron chi connectivity index (χ1n) is 8.69. The number of hydrogen-bond donors (Lipinski definition) is 1. The molecule has 26 heavy (non-hydrogen) atoms. The average Bonchev–Trinajstić information content (AvgIpc) is 2.65. The van der Waals surface area contributed by atoms with Gasteiger partial charge in [0.2, 0.25) is 5.91 Å². The summed E-state index contributed by atoms with van der Waals surface area (Å²) in [5.41, 5.74) is 0.969. The van der Waals surface area contributed by atoms with Crippen LogP contribution in [0.1, 0.15) is 18.4 Å². The van der Waals surface area contributed by atoms with Crippen molar-refractivity contribution in [3.05, 3.63) is 58.9 Å². The topological polar surface area (TPSA) is 47.6 Å². The van der Waals surface area contributed by atoms with E-state index in [1.165, 1.54) is 12.1 Å². The second-order valence-corrected chi connectivity index (χ2v) is 6.70. The molecule has 0 aliphatic carbocycles. The molecule has 0 fully saturated rings. The molecule has 0 bridgehead atoms. The summed E-state index contributed by atoms with van der Waals surface area (Å²) in [5, 5.41) is 3.59. The Hall–Kier alpha value is -2.27. The molecule has 0 radical (unpaired) electrons. The number of nitrogens with one attached hydrogen (secondary N) is 1. The third-order valence-corrected chi connectivity index (χ3v) is 4.49. The molecule has 0 aromatic heterocycles. The Balaban J connectivity index is 1.34. The Labute approximate surface area is 157 Å². The maximum absolute atomic E-state index is 12.8. The van der Waals surface area contributed by atoms with Crippen LogP contribution in [0, 0.1) is 11.7 Å². The van der Waals surface area contributed by atoms with Gasteiger partial charge < -0.3 is 14.8 Å². The van der Waals surface area contributed by atoms with Crippen LogP contribution in [0.4, 0.5) is 4.39 Å². The van der Waals surface area contributed by atoms with E-state index in [9.17, 15) is 9.18 Å². The van der Waals surface area contributed by atoms with E-state index < -0.39 is 0 Å². The SMILES string of the molecule is O=C(NCCCCOc1ccc(F)cc1)C1COc2ccc(Cl)cc2C1. The number of carbonyl (C=O) groups is 1. The zero-order chi connectivity index (χ0) is 18.4. The number of hydrogen-bond acceptors (Lipinski definition) is 3. The molecule has 2 aromatic rings. The minimum atomic E-state index is -0.281. The number of carbonyl (C=O) groups excluding carboxylic acids is 1. The average molecular weight is 378 g/mol. The summed E-state index contributed by atoms with van der Waals surface area (Å²) >= 11 is 6.00. The lowest BCUT2D eigenvalue weighted by molar-refractivity contribution is -0.126. The van der Waals surface area contributed by atoms with Crippen molar-refractivity contribution in [2.24, 2.45) is 5.92 Å². The predicted molar refractivity (Wildman–Crippen MR) is 98.3 cm³/mol. The van der Waals surface area contributed by atoms with Crippen molar-refractivity contribution in [3.8, 4) is 11.5 Å². The van der Waals surface area contributed by atoms with Gasteiger partial charge in [0.15, 0.2) is 0 Å². The number of benzene rings is 2. The molecule has 138 valence electrons. The molecule has 1 unspecified atom stereocenters. The van der Waals surface area contributed by atoms with Gasteiger partial charge >= 0.3 is 0 Å². The van der Waals surface area contributed by atoms with Crippen LogP contribution in [-0.4, -0.2) is 25.7 Å². The molecule has 0 spiro atoms. The molecule has 1 N–H and O–H groups in total. The highest BCUT2D eigenvalue weighted by Crippen LogP contribution is 2.29. The van der Waals surface area contributed by atoms with Gasteiger partial charge in [0.25, 0.3) is 0 Å². The summed E-state index contributed by atoms with van der Waals surface area (Å²) in [6.07, 6.45) is 2.25. The fraction of sp³-hybridized carbons (Fsp3) is 0.350. The molecular formula is C20H21ClFNO3. The largest absolute Gasteiger partial charge is 0.494 e. The molecule has 0 saturated carbocycles. The predicted octanol–water partition coefficient (Wildman–Crippen LogP) is 4.01. The fourth-order valence-corrected chi connectivity index (χ4v) is 3.03. The van der Waals surface area contributed by atoms with Crippen molar-refractivity contribution in [1.82, 2.24) is 5.32 Å². The zero-order valence-electron chi connectivity index (χ0n) is 14.3. The highest BCUT2D eigenvalue weighted by atomic mass is 35.5. The van der Waals surface area contributed by atoms with Crippen molar-refractivity contribution < 1.29 is 18.7 Å². The van der Waals surface area contributed by atoms with Gasteiger partial charge in [-0.1, -0.05) is 11.6 Å². The van der Waals surface area contributed by atoms with Crippen molar-refractivity contribution in [2.45, 2.75) is 19.3 Å². The molecule has 3 rings (SSSR count). The Kier molecular flexibility index (Phi) is 6.34. The van der Waals surface area contributed by atoms with Crippen molar-refractivity contribution in [2.75, 3.05) is 19.8 Å². The van der Waals surface area contributed by atoms with Crippen LogP contribution in [0.15, 0.2) is 42.5 Å². The molecule has 2 aromatic carbocycles. The Bertz CT molecular complexity index is 751. The summed E-state index contributed by atoms with van der Waals surface area (Å²) in [7, 11) is 0. The standard InChI is InChI=1S/C20H21ClFNO3/c21-16-3-8-19-14(12-16)11-15(13-26-19)20(24)23-9-1-2-10-25-18-6-4-17(22)5-7-18/h3-8,12,15H,1-2,9-11,13H2,(H,23,24). The van der Waals surface area contributed by atoms with Crippen LogP contribution < -0.4 is 14.8 Å². The lowest BCUT2D eigenvalue weighted by atomic mass is 9.96. The van der Waals surface area contributed by atoms with Crippen molar-refractivity contribution in [1.29, 1.82) is 0 Å². The Morgan fingerprint density at radius 1 is 1.23 bits per heavy atom. The molecule has 1 amide bonds. The zero-order valence-corrected chi connectivity index (χ0v) is 15.1. The summed E-state index contributed by atoms with van der Waals surface area (Å²) in [4.78, 5) is 12.3. The van der Waals surface area contributed by atoms with Crippen LogP contribution in [0.3, 0.4) is 0 Å². The quantitative estimate of drug-likeness (QED) is 0.742. The maximum Gasteiger partial charge on any atom is 0.226 e. The van der Waals surface area contributed by atoms with Crippen molar-refractivity contribution in [3.63, 3.8) is 0 Å². The smallest absolute Gasteiger partial charge is 0.226 e. The van der Waals surface area contributed by atoms with E-state index >= 15 is 0 Å². The van der Waals surface area contributed by atoms with E-state index in [-0.39, 0.29) is 17.6 Å². The van der Waals surface area contributed by atoms with Crippen LogP contribution in [-0.2, 0) is 11.2 Å². The van der Waals surface area contributed by atoms with Crippen LogP contribution in [0.25, 0.3) is 0 Å². The second kappa shape index (κ2) is 8.90. The van der Waals surface area contributed by atoms with Gasteiger partial charge in [0.1, 0.15) is 23.9 Å². The number of halogens is 2. The summed E-state index contributed by atoms with van der Waals surface area (Å²) < 4.78 is 24.0. The number of ether oxygens (including phenoxy) is 2. The molecule has 4 nitrogen and oxygen atoms in total. The first-order valence-corrected chi connectivity index (χ1v) is 9.07. The van der Waals surface area contributed by atoms with E-state index in [1.807, 2.05) is 12.1 Å². The van der Waals surface area contributed by atoms with Gasteiger partial charge in [0, 0.05) is 11.6 Å². The monoisotopic (exact) mass is 377 g/mol. The van der Waals surface area contributed by atoms with Gasteiger partial charge in [-0.05, 0) is 67.3 Å². The third-order valence-electron chi connectivity index (χ3n) is 4.25. The van der Waals surface area contributed by atoms with Gasteiger partial charge in [-0.25, -0.2) is 4.39 Å². The highest BCUT2D eigenvalue weighted by Gasteiger charge is 2.25. The number of amides is 1. The Morgan fingerprint density at radius 3 is 2.85 bits per heavy atom. The van der Waals surface area contributed by atoms with E-state index in [0.717, 1.165) is 24.2 Å². The van der Waals surface area contributed by atoms with E-state index in [1.54, 1.807) is 18.2 Å². The third kappa shape index (κ3) is 5.11.